The monoisotopic (exact) mass is 278 g/mol. The van der Waals surface area contributed by atoms with Gasteiger partial charge in [-0.2, -0.15) is 0 Å². The lowest BCUT2D eigenvalue weighted by molar-refractivity contribution is 0.590. The van der Waals surface area contributed by atoms with E-state index < -0.39 is 9.84 Å². The molecule has 3 heteroatoms. The molecule has 0 unspecified atom stereocenters. The molecule has 0 heterocycles. The molecular formula is C16H22O2S. The molecular weight excluding hydrogens is 256 g/mol. The van der Waals surface area contributed by atoms with Gasteiger partial charge in [0, 0.05) is 10.8 Å². The lowest BCUT2D eigenvalue weighted by Crippen LogP contribution is -2.10. The van der Waals surface area contributed by atoms with Crippen LogP contribution in [0.5, 0.6) is 0 Å². The van der Waals surface area contributed by atoms with Crippen molar-refractivity contribution in [2.24, 2.45) is 0 Å². The minimum absolute atomic E-state index is 0.0964. The van der Waals surface area contributed by atoms with Crippen molar-refractivity contribution < 1.29 is 8.42 Å². The zero-order valence-corrected chi connectivity index (χ0v) is 13.0. The molecule has 0 saturated heterocycles. The van der Waals surface area contributed by atoms with E-state index in [2.05, 4.69) is 31.9 Å². The van der Waals surface area contributed by atoms with Crippen molar-refractivity contribution >= 4 is 9.84 Å². The molecule has 0 fully saturated rings. The number of unbranched alkanes of at least 4 members (excludes halogenated alkanes) is 1. The van der Waals surface area contributed by atoms with Crippen molar-refractivity contribution in [1.82, 2.24) is 0 Å². The van der Waals surface area contributed by atoms with Gasteiger partial charge in [0.15, 0.2) is 0 Å². The van der Waals surface area contributed by atoms with Crippen LogP contribution in [0.3, 0.4) is 0 Å². The number of hydrogen-bond acceptors (Lipinski definition) is 2. The zero-order valence-electron chi connectivity index (χ0n) is 12.2. The van der Waals surface area contributed by atoms with Gasteiger partial charge in [0.05, 0.1) is 5.75 Å². The Labute approximate surface area is 117 Å². The lowest BCUT2D eigenvalue weighted by atomic mass is 9.87. The van der Waals surface area contributed by atoms with Crippen LogP contribution in [-0.2, 0) is 15.3 Å². The third-order valence-corrected chi connectivity index (χ3v) is 4.11. The van der Waals surface area contributed by atoms with E-state index in [1.165, 1.54) is 5.56 Å². The second-order valence-electron chi connectivity index (χ2n) is 5.73. The molecule has 1 aromatic carbocycles. The van der Waals surface area contributed by atoms with Crippen molar-refractivity contribution in [3.05, 3.63) is 35.4 Å². The van der Waals surface area contributed by atoms with E-state index in [0.717, 1.165) is 12.0 Å². The van der Waals surface area contributed by atoms with Gasteiger partial charge in [0.1, 0.15) is 0 Å². The van der Waals surface area contributed by atoms with E-state index >= 15 is 0 Å². The van der Waals surface area contributed by atoms with Gasteiger partial charge in [0.25, 0.3) is 0 Å². The van der Waals surface area contributed by atoms with Crippen LogP contribution >= 0.6 is 0 Å². The number of benzene rings is 1. The third-order valence-electron chi connectivity index (χ3n) is 2.87. The molecule has 0 atom stereocenters. The summed E-state index contributed by atoms with van der Waals surface area (Å²) in [7, 11) is -3.24. The number of hydrogen-bond donors (Lipinski definition) is 0. The van der Waals surface area contributed by atoms with E-state index in [1.54, 1.807) is 0 Å². The Kier molecular flexibility index (Phi) is 5.20. The average molecular weight is 278 g/mol. The lowest BCUT2D eigenvalue weighted by Gasteiger charge is -2.18. The van der Waals surface area contributed by atoms with Gasteiger partial charge in [0.2, 0.25) is 9.84 Å². The highest BCUT2D eigenvalue weighted by atomic mass is 32.2. The normalized spacial score (nSPS) is 11.8. The maximum Gasteiger partial charge on any atom is 0.217 e. The summed E-state index contributed by atoms with van der Waals surface area (Å²) in [4.78, 5) is 0. The Balaban J connectivity index is 2.85. The van der Waals surface area contributed by atoms with E-state index in [4.69, 9.17) is 0 Å². The summed E-state index contributed by atoms with van der Waals surface area (Å²) in [5.74, 6) is 2.88. The molecule has 0 aliphatic carbocycles. The molecule has 0 N–H and O–H groups in total. The molecule has 0 radical (unpaired) electrons. The van der Waals surface area contributed by atoms with Crippen molar-refractivity contribution in [3.8, 4) is 11.2 Å². The standard InChI is InChI=1S/C16H22O2S/c1-5-6-12-19(17,18)13-11-14-7-9-15(10-8-14)16(2,3)4/h7-10H,5-6,12H2,1-4H3. The van der Waals surface area contributed by atoms with Crippen LogP contribution in [0.15, 0.2) is 24.3 Å². The third kappa shape index (κ3) is 5.48. The van der Waals surface area contributed by atoms with E-state index in [9.17, 15) is 8.42 Å². The van der Waals surface area contributed by atoms with Crippen LogP contribution in [0.25, 0.3) is 0 Å². The van der Waals surface area contributed by atoms with Crippen molar-refractivity contribution in [2.75, 3.05) is 5.75 Å². The number of rotatable bonds is 3. The first kappa shape index (κ1) is 15.8. The van der Waals surface area contributed by atoms with Gasteiger partial charge in [-0.25, -0.2) is 8.42 Å². The Morgan fingerprint density at radius 1 is 1.11 bits per heavy atom. The summed E-state index contributed by atoms with van der Waals surface area (Å²) in [6.07, 6.45) is 1.53. The van der Waals surface area contributed by atoms with Crippen LogP contribution in [0.4, 0.5) is 0 Å². The first-order chi connectivity index (χ1) is 8.74. The predicted octanol–water partition coefficient (Wildman–Crippen LogP) is 3.51. The summed E-state index contributed by atoms with van der Waals surface area (Å²) in [5, 5.41) is 2.39. The van der Waals surface area contributed by atoms with Crippen molar-refractivity contribution in [2.45, 2.75) is 46.0 Å². The summed E-state index contributed by atoms with van der Waals surface area (Å²) < 4.78 is 23.2. The maximum atomic E-state index is 11.6. The Bertz CT molecular complexity index is 564. The van der Waals surface area contributed by atoms with E-state index in [1.807, 2.05) is 31.2 Å². The van der Waals surface area contributed by atoms with Crippen molar-refractivity contribution in [1.29, 1.82) is 0 Å². The molecule has 0 aliphatic heterocycles. The Morgan fingerprint density at radius 3 is 2.16 bits per heavy atom. The first-order valence-electron chi connectivity index (χ1n) is 6.60. The molecule has 1 rings (SSSR count). The molecule has 0 aliphatic rings. The van der Waals surface area contributed by atoms with E-state index in [0.29, 0.717) is 6.42 Å². The maximum absolute atomic E-state index is 11.6. The molecule has 104 valence electrons. The fraction of sp³-hybridized carbons (Fsp3) is 0.500. The largest absolute Gasteiger partial charge is 0.217 e. The first-order valence-corrected chi connectivity index (χ1v) is 8.26. The SMILES string of the molecule is CCCCS(=O)(=O)C#Cc1ccc(C(C)(C)C)cc1. The molecule has 2 nitrogen and oxygen atoms in total. The zero-order chi connectivity index (χ0) is 14.5. The Morgan fingerprint density at radius 2 is 1.68 bits per heavy atom. The van der Waals surface area contributed by atoms with Crippen LogP contribution in [0.2, 0.25) is 0 Å². The second kappa shape index (κ2) is 6.25. The predicted molar refractivity (Wildman–Crippen MR) is 80.7 cm³/mol. The number of sulfone groups is 1. The van der Waals surface area contributed by atoms with Gasteiger partial charge >= 0.3 is 0 Å². The summed E-state index contributed by atoms with van der Waals surface area (Å²) in [5.41, 5.74) is 2.05. The van der Waals surface area contributed by atoms with Crippen LogP contribution in [-0.4, -0.2) is 14.2 Å². The van der Waals surface area contributed by atoms with E-state index in [-0.39, 0.29) is 11.2 Å². The fourth-order valence-corrected chi connectivity index (χ4v) is 2.62. The van der Waals surface area contributed by atoms with Gasteiger partial charge < -0.3 is 0 Å². The van der Waals surface area contributed by atoms with Gasteiger partial charge in [-0.05, 0) is 29.5 Å². The molecule has 19 heavy (non-hydrogen) atoms. The molecule has 0 aromatic heterocycles. The van der Waals surface area contributed by atoms with Crippen molar-refractivity contribution in [3.63, 3.8) is 0 Å². The smallest absolute Gasteiger partial charge is 0.215 e. The topological polar surface area (TPSA) is 34.1 Å². The summed E-state index contributed by atoms with van der Waals surface area (Å²) in [6, 6.07) is 7.76. The quantitative estimate of drug-likeness (QED) is 0.793. The van der Waals surface area contributed by atoms with Gasteiger partial charge in [-0.15, -0.1) is 0 Å². The van der Waals surface area contributed by atoms with Crippen LogP contribution < -0.4 is 0 Å². The van der Waals surface area contributed by atoms with Crippen LogP contribution in [0.1, 0.15) is 51.7 Å². The Hall–Kier alpha value is -1.27. The molecule has 0 spiro atoms. The highest BCUT2D eigenvalue weighted by Crippen LogP contribution is 2.21. The highest BCUT2D eigenvalue weighted by Gasteiger charge is 2.12. The van der Waals surface area contributed by atoms with Gasteiger partial charge in [-0.1, -0.05) is 52.2 Å². The fourth-order valence-electron chi connectivity index (χ4n) is 1.58. The second-order valence-corrected chi connectivity index (χ2v) is 7.57. The average Bonchev–Trinajstić information content (AvgIpc) is 2.34. The minimum Gasteiger partial charge on any atom is -0.215 e. The van der Waals surface area contributed by atoms with Crippen LogP contribution in [0, 0.1) is 11.2 Å². The summed E-state index contributed by atoms with van der Waals surface area (Å²) in [6.45, 7) is 8.39. The molecule has 0 saturated carbocycles. The molecule has 0 bridgehead atoms. The molecule has 0 amide bonds. The molecule has 1 aromatic rings. The summed E-state index contributed by atoms with van der Waals surface area (Å²) >= 11 is 0. The highest BCUT2D eigenvalue weighted by molar-refractivity contribution is 7.96. The minimum atomic E-state index is -3.24. The van der Waals surface area contributed by atoms with Gasteiger partial charge in [-0.3, -0.25) is 0 Å².